The zero-order valence-corrected chi connectivity index (χ0v) is 16.5. The highest BCUT2D eigenvalue weighted by Gasteiger charge is 2.18. The monoisotopic (exact) mass is 386 g/mol. The van der Waals surface area contributed by atoms with Crippen molar-refractivity contribution in [3.63, 3.8) is 0 Å². The van der Waals surface area contributed by atoms with Gasteiger partial charge in [-0.05, 0) is 42.2 Å². The van der Waals surface area contributed by atoms with Crippen molar-refractivity contribution in [1.29, 1.82) is 0 Å². The predicted octanol–water partition coefficient (Wildman–Crippen LogP) is 4.70. The van der Waals surface area contributed by atoms with Gasteiger partial charge in [0, 0.05) is 30.4 Å². The van der Waals surface area contributed by atoms with Crippen LogP contribution in [0.4, 0.5) is 11.4 Å². The highest BCUT2D eigenvalue weighted by Crippen LogP contribution is 2.26. The molecule has 3 aromatic rings. The summed E-state index contributed by atoms with van der Waals surface area (Å²) in [6.45, 7) is 1.87. The van der Waals surface area contributed by atoms with Crippen LogP contribution in [0.15, 0.2) is 78.9 Å². The molecule has 0 aliphatic carbocycles. The number of anilines is 2. The van der Waals surface area contributed by atoms with Gasteiger partial charge in [0.25, 0.3) is 0 Å². The van der Waals surface area contributed by atoms with Crippen molar-refractivity contribution in [1.82, 2.24) is 0 Å². The summed E-state index contributed by atoms with van der Waals surface area (Å²) in [6, 6.07) is 26.2. The number of ether oxygens (including phenoxy) is 1. The van der Waals surface area contributed by atoms with Crippen molar-refractivity contribution in [2.24, 2.45) is 0 Å². The first-order valence-corrected chi connectivity index (χ1v) is 10.2. The number of carbonyl (C=O) groups excluding carboxylic acids is 1. The number of hydrogen-bond acceptors (Lipinski definition) is 3. The van der Waals surface area contributed by atoms with Crippen molar-refractivity contribution < 1.29 is 9.53 Å². The van der Waals surface area contributed by atoms with Crippen LogP contribution in [0.1, 0.15) is 17.5 Å². The number of fused-ring (bicyclic) bond motifs is 1. The summed E-state index contributed by atoms with van der Waals surface area (Å²) in [7, 11) is 0. The van der Waals surface area contributed by atoms with Gasteiger partial charge in [-0.25, -0.2) is 0 Å². The van der Waals surface area contributed by atoms with E-state index in [0.717, 1.165) is 37.2 Å². The Kier molecular flexibility index (Phi) is 6.10. The second kappa shape index (κ2) is 9.28. The maximum Gasteiger partial charge on any atom is 0.243 e. The topological polar surface area (TPSA) is 41.6 Å². The molecule has 0 bridgehead atoms. The van der Waals surface area contributed by atoms with Crippen LogP contribution in [0.3, 0.4) is 0 Å². The van der Waals surface area contributed by atoms with Crippen LogP contribution in [-0.2, 0) is 17.6 Å². The van der Waals surface area contributed by atoms with Gasteiger partial charge in [-0.1, -0.05) is 54.6 Å². The van der Waals surface area contributed by atoms with E-state index < -0.39 is 0 Å². The van der Waals surface area contributed by atoms with Crippen LogP contribution in [0.5, 0.6) is 5.75 Å². The second-order valence-electron chi connectivity index (χ2n) is 7.31. The first kappa shape index (κ1) is 19.1. The lowest BCUT2D eigenvalue weighted by molar-refractivity contribution is -0.115. The van der Waals surface area contributed by atoms with E-state index in [4.69, 9.17) is 4.74 Å². The first-order chi connectivity index (χ1) is 14.3. The quantitative estimate of drug-likeness (QED) is 0.640. The first-order valence-electron chi connectivity index (χ1n) is 10.2. The van der Waals surface area contributed by atoms with E-state index in [1.165, 1.54) is 16.8 Å². The molecule has 1 aliphatic rings. The van der Waals surface area contributed by atoms with Crippen LogP contribution in [0, 0.1) is 0 Å². The minimum Gasteiger partial charge on any atom is -0.493 e. The van der Waals surface area contributed by atoms with Gasteiger partial charge in [0.1, 0.15) is 5.75 Å². The highest BCUT2D eigenvalue weighted by molar-refractivity contribution is 5.94. The molecule has 3 aromatic carbocycles. The molecule has 1 amide bonds. The molecular formula is C25H26N2O2. The van der Waals surface area contributed by atoms with Gasteiger partial charge in [0.2, 0.25) is 5.91 Å². The molecule has 4 rings (SSSR count). The molecule has 0 fully saturated rings. The Balaban J connectivity index is 1.31. The van der Waals surface area contributed by atoms with Gasteiger partial charge < -0.3 is 15.0 Å². The molecule has 148 valence electrons. The molecule has 4 nitrogen and oxygen atoms in total. The minimum absolute atomic E-state index is 0.0110. The lowest BCUT2D eigenvalue weighted by atomic mass is 10.0. The fourth-order valence-corrected chi connectivity index (χ4v) is 3.74. The molecule has 1 N–H and O–H groups in total. The number of amides is 1. The summed E-state index contributed by atoms with van der Waals surface area (Å²) < 4.78 is 5.87. The van der Waals surface area contributed by atoms with E-state index in [1.54, 1.807) is 0 Å². The zero-order valence-electron chi connectivity index (χ0n) is 16.5. The van der Waals surface area contributed by atoms with Crippen LogP contribution in [0.2, 0.25) is 0 Å². The third kappa shape index (κ3) is 5.17. The van der Waals surface area contributed by atoms with Crippen molar-refractivity contribution in [2.75, 3.05) is 29.9 Å². The summed E-state index contributed by atoms with van der Waals surface area (Å²) in [6.07, 6.45) is 3.01. The Hall–Kier alpha value is -3.27. The zero-order chi connectivity index (χ0) is 19.9. The third-order valence-corrected chi connectivity index (χ3v) is 5.16. The molecule has 0 radical (unpaired) electrons. The fourth-order valence-electron chi connectivity index (χ4n) is 3.74. The van der Waals surface area contributed by atoms with Crippen molar-refractivity contribution in [3.05, 3.63) is 90.0 Å². The summed E-state index contributed by atoms with van der Waals surface area (Å²) in [4.78, 5) is 14.8. The molecule has 0 saturated carbocycles. The molecule has 0 atom stereocenters. The molecule has 29 heavy (non-hydrogen) atoms. The predicted molar refractivity (Wildman–Crippen MR) is 118 cm³/mol. The standard InChI is InChI=1S/C25H26N2O2/c28-25(19-27-16-7-11-21-10-4-5-14-24(21)27)26-22-12-6-13-23(18-22)29-17-15-20-8-2-1-3-9-20/h1-6,8-10,12-14,18H,7,11,15-17,19H2,(H,26,28). The summed E-state index contributed by atoms with van der Waals surface area (Å²) in [5, 5.41) is 3.01. The van der Waals surface area contributed by atoms with Gasteiger partial charge in [-0.2, -0.15) is 0 Å². The molecule has 0 saturated heterocycles. The average Bonchev–Trinajstić information content (AvgIpc) is 2.75. The van der Waals surface area contributed by atoms with E-state index in [2.05, 4.69) is 40.5 Å². The SMILES string of the molecule is O=C(CN1CCCc2ccccc21)Nc1cccc(OCCc2ccccc2)c1. The Morgan fingerprint density at radius 2 is 1.79 bits per heavy atom. The molecule has 1 heterocycles. The van der Waals surface area contributed by atoms with Gasteiger partial charge in [-0.3, -0.25) is 4.79 Å². The number of carbonyl (C=O) groups is 1. The number of hydrogen-bond donors (Lipinski definition) is 1. The number of nitrogens with zero attached hydrogens (tertiary/aromatic N) is 1. The average molecular weight is 386 g/mol. The number of aryl methyl sites for hydroxylation is 1. The molecule has 1 aliphatic heterocycles. The van der Waals surface area contributed by atoms with Crippen LogP contribution >= 0.6 is 0 Å². The third-order valence-electron chi connectivity index (χ3n) is 5.16. The summed E-state index contributed by atoms with van der Waals surface area (Å²) in [5.74, 6) is 0.755. The second-order valence-corrected chi connectivity index (χ2v) is 7.31. The Morgan fingerprint density at radius 3 is 2.69 bits per heavy atom. The van der Waals surface area contributed by atoms with Crippen LogP contribution in [-0.4, -0.2) is 25.6 Å². The van der Waals surface area contributed by atoms with Gasteiger partial charge in [0.05, 0.1) is 13.2 Å². The largest absolute Gasteiger partial charge is 0.493 e. The van der Waals surface area contributed by atoms with Crippen molar-refractivity contribution >= 4 is 17.3 Å². The van der Waals surface area contributed by atoms with E-state index in [9.17, 15) is 4.79 Å². The normalized spacial score (nSPS) is 12.9. The van der Waals surface area contributed by atoms with Crippen LogP contribution in [0.25, 0.3) is 0 Å². The minimum atomic E-state index is -0.0110. The molecule has 0 spiro atoms. The van der Waals surface area contributed by atoms with Gasteiger partial charge >= 0.3 is 0 Å². The lowest BCUT2D eigenvalue weighted by Gasteiger charge is -2.30. The lowest BCUT2D eigenvalue weighted by Crippen LogP contribution is -2.36. The maximum atomic E-state index is 12.6. The van der Waals surface area contributed by atoms with E-state index >= 15 is 0 Å². The van der Waals surface area contributed by atoms with Crippen molar-refractivity contribution in [3.8, 4) is 5.75 Å². The Morgan fingerprint density at radius 1 is 0.966 bits per heavy atom. The maximum absolute atomic E-state index is 12.6. The number of rotatable bonds is 7. The number of benzene rings is 3. The van der Waals surface area contributed by atoms with Crippen LogP contribution < -0.4 is 15.0 Å². The number of para-hydroxylation sites is 1. The van der Waals surface area contributed by atoms with Crippen molar-refractivity contribution in [2.45, 2.75) is 19.3 Å². The summed E-state index contributed by atoms with van der Waals surface area (Å²) >= 11 is 0. The van der Waals surface area contributed by atoms with E-state index in [0.29, 0.717) is 13.2 Å². The highest BCUT2D eigenvalue weighted by atomic mass is 16.5. The number of nitrogens with one attached hydrogen (secondary N) is 1. The molecular weight excluding hydrogens is 360 g/mol. The fraction of sp³-hybridized carbons (Fsp3) is 0.240. The van der Waals surface area contributed by atoms with Gasteiger partial charge in [0.15, 0.2) is 0 Å². The molecule has 0 aromatic heterocycles. The summed E-state index contributed by atoms with van der Waals surface area (Å²) in [5.41, 5.74) is 4.50. The smallest absolute Gasteiger partial charge is 0.243 e. The molecule has 4 heteroatoms. The van der Waals surface area contributed by atoms with E-state index in [-0.39, 0.29) is 5.91 Å². The Labute approximate surface area is 172 Å². The Bertz CT molecular complexity index is 956. The van der Waals surface area contributed by atoms with E-state index in [1.807, 2.05) is 48.5 Å². The molecule has 0 unspecified atom stereocenters. The van der Waals surface area contributed by atoms with Gasteiger partial charge in [-0.15, -0.1) is 0 Å².